The first kappa shape index (κ1) is 44.1. The van der Waals surface area contributed by atoms with E-state index in [1.807, 2.05) is 25.7 Å². The van der Waals surface area contributed by atoms with Crippen molar-refractivity contribution in [2.24, 2.45) is 11.8 Å². The summed E-state index contributed by atoms with van der Waals surface area (Å²) in [5.74, 6) is -4.41. The Labute approximate surface area is 357 Å². The molecule has 61 heavy (non-hydrogen) atoms. The zero-order valence-corrected chi connectivity index (χ0v) is 36.1. The number of anilines is 1. The number of rotatable bonds is 14. The van der Waals surface area contributed by atoms with Crippen LogP contribution in [0.1, 0.15) is 101 Å². The van der Waals surface area contributed by atoms with Crippen LogP contribution in [0.2, 0.25) is 0 Å². The summed E-state index contributed by atoms with van der Waals surface area (Å²) in [6.45, 7) is 12.6. The Morgan fingerprint density at radius 1 is 0.836 bits per heavy atom. The molecule has 0 atom stereocenters. The number of ether oxygens (including phenoxy) is 3. The van der Waals surface area contributed by atoms with Gasteiger partial charge in [-0.2, -0.15) is 9.49 Å². The van der Waals surface area contributed by atoms with E-state index in [-0.39, 0.29) is 31.2 Å². The van der Waals surface area contributed by atoms with Gasteiger partial charge in [-0.3, -0.25) is 14.4 Å². The molecule has 4 aromatic rings. The lowest BCUT2D eigenvalue weighted by Gasteiger charge is -2.36. The summed E-state index contributed by atoms with van der Waals surface area (Å²) >= 11 is 0. The summed E-state index contributed by atoms with van der Waals surface area (Å²) in [6.07, 6.45) is 11.1. The van der Waals surface area contributed by atoms with Crippen molar-refractivity contribution in [1.29, 1.82) is 0 Å². The summed E-state index contributed by atoms with van der Waals surface area (Å²) in [4.78, 5) is 32.2. The molecule has 1 aromatic heterocycles. The first-order valence-electron chi connectivity index (χ1n) is 22.0. The lowest BCUT2D eigenvalue weighted by molar-refractivity contribution is 0.0180. The van der Waals surface area contributed by atoms with E-state index in [2.05, 4.69) is 44.2 Å². The predicted molar refractivity (Wildman–Crippen MR) is 230 cm³/mol. The Morgan fingerprint density at radius 3 is 2.25 bits per heavy atom. The fourth-order valence-electron chi connectivity index (χ4n) is 8.84. The molecule has 330 valence electrons. The molecule has 0 unspecified atom stereocenters. The molecular weight excluding hydrogens is 786 g/mol. The minimum atomic E-state index is -1.54. The van der Waals surface area contributed by atoms with E-state index in [9.17, 15) is 22.8 Å². The Kier molecular flexibility index (Phi) is 14.3. The smallest absolute Gasteiger partial charge is 0.410 e. The van der Waals surface area contributed by atoms with Crippen molar-refractivity contribution in [3.63, 3.8) is 0 Å². The van der Waals surface area contributed by atoms with Crippen molar-refractivity contribution in [2.45, 2.75) is 96.8 Å². The minimum Gasteiger partial charge on any atom is -0.497 e. The van der Waals surface area contributed by atoms with E-state index in [4.69, 9.17) is 19.3 Å². The van der Waals surface area contributed by atoms with Crippen molar-refractivity contribution in [2.75, 3.05) is 64.4 Å². The first-order valence-corrected chi connectivity index (χ1v) is 22.0. The SMILES string of the molecule is COc1ccc(COc2c(F)cc(C(=O)NCC3CCC(n4cc5ccc(N6CCN(CCCCC7CCN(C(=O)OC(C)(C)C)CC7)CC6)cc5n4)CC3)c(F)c2F)cc1. The average Bonchev–Trinajstić information content (AvgIpc) is 3.69. The van der Waals surface area contributed by atoms with Gasteiger partial charge in [0, 0.05) is 63.1 Å². The number of carbonyl (C=O) groups is 2. The van der Waals surface area contributed by atoms with Crippen LogP contribution in [0, 0.1) is 29.3 Å². The summed E-state index contributed by atoms with van der Waals surface area (Å²) in [5, 5.41) is 8.78. The number of carbonyl (C=O) groups excluding carboxylic acids is 2. The summed E-state index contributed by atoms with van der Waals surface area (Å²) in [7, 11) is 1.52. The van der Waals surface area contributed by atoms with Gasteiger partial charge in [-0.05, 0) is 126 Å². The second kappa shape index (κ2) is 19.8. The number of piperidine rings is 1. The van der Waals surface area contributed by atoms with Crippen LogP contribution in [0.15, 0.2) is 54.7 Å². The van der Waals surface area contributed by atoms with Gasteiger partial charge in [-0.25, -0.2) is 13.6 Å². The zero-order chi connectivity index (χ0) is 43.1. The van der Waals surface area contributed by atoms with Gasteiger partial charge in [0.2, 0.25) is 5.82 Å². The predicted octanol–water partition coefficient (Wildman–Crippen LogP) is 9.14. The fourth-order valence-corrected chi connectivity index (χ4v) is 8.84. The number of hydrogen-bond acceptors (Lipinski definition) is 8. The van der Waals surface area contributed by atoms with E-state index < -0.39 is 40.3 Å². The second-order valence-electron chi connectivity index (χ2n) is 18.0. The van der Waals surface area contributed by atoms with Crippen LogP contribution in [0.25, 0.3) is 10.9 Å². The molecule has 3 fully saturated rings. The van der Waals surface area contributed by atoms with Crippen molar-refractivity contribution in [3.05, 3.63) is 83.3 Å². The maximum atomic E-state index is 15.0. The van der Waals surface area contributed by atoms with Crippen LogP contribution < -0.4 is 19.7 Å². The molecule has 0 radical (unpaired) electrons. The number of aromatic nitrogens is 2. The fraction of sp³-hybridized carbons (Fsp3) is 0.553. The number of piperazine rings is 1. The molecule has 11 nitrogen and oxygen atoms in total. The molecule has 2 saturated heterocycles. The largest absolute Gasteiger partial charge is 0.497 e. The molecule has 1 aliphatic carbocycles. The van der Waals surface area contributed by atoms with Gasteiger partial charge in [-0.1, -0.05) is 25.0 Å². The van der Waals surface area contributed by atoms with Gasteiger partial charge < -0.3 is 29.3 Å². The van der Waals surface area contributed by atoms with Crippen molar-refractivity contribution in [1.82, 2.24) is 24.9 Å². The summed E-state index contributed by atoms with van der Waals surface area (Å²) < 4.78 is 62.7. The third-order valence-electron chi connectivity index (χ3n) is 12.5. The number of benzene rings is 3. The lowest BCUT2D eigenvalue weighted by atomic mass is 9.86. The molecule has 3 aliphatic rings. The minimum absolute atomic E-state index is 0.149. The monoisotopic (exact) mass is 846 g/mol. The Bertz CT molecular complexity index is 2100. The number of likely N-dealkylation sites (tertiary alicyclic amines) is 1. The van der Waals surface area contributed by atoms with Crippen LogP contribution in [-0.4, -0.2) is 96.6 Å². The number of hydrogen-bond donors (Lipinski definition) is 1. The highest BCUT2D eigenvalue weighted by Gasteiger charge is 2.29. The topological polar surface area (TPSA) is 101 Å². The molecule has 2 aliphatic heterocycles. The highest BCUT2D eigenvalue weighted by molar-refractivity contribution is 5.94. The zero-order valence-electron chi connectivity index (χ0n) is 36.1. The Hall–Kier alpha value is -4.98. The molecule has 0 spiro atoms. The van der Waals surface area contributed by atoms with Gasteiger partial charge in [-0.15, -0.1) is 0 Å². The Balaban J connectivity index is 0.807. The number of fused-ring (bicyclic) bond motifs is 1. The van der Waals surface area contributed by atoms with Gasteiger partial charge in [0.05, 0.1) is 24.2 Å². The second-order valence-corrected chi connectivity index (χ2v) is 18.0. The van der Waals surface area contributed by atoms with Gasteiger partial charge in [0.25, 0.3) is 5.91 Å². The van der Waals surface area contributed by atoms with Crippen molar-refractivity contribution >= 4 is 28.6 Å². The van der Waals surface area contributed by atoms with Gasteiger partial charge >= 0.3 is 6.09 Å². The molecule has 3 aromatic carbocycles. The van der Waals surface area contributed by atoms with E-state index in [1.54, 1.807) is 24.3 Å². The van der Waals surface area contributed by atoms with Gasteiger partial charge in [0.15, 0.2) is 17.4 Å². The van der Waals surface area contributed by atoms with Crippen molar-refractivity contribution < 1.29 is 37.0 Å². The number of amides is 2. The van der Waals surface area contributed by atoms with Crippen molar-refractivity contribution in [3.8, 4) is 11.5 Å². The van der Waals surface area contributed by atoms with E-state index in [0.29, 0.717) is 23.3 Å². The molecule has 1 N–H and O–H groups in total. The average molecular weight is 847 g/mol. The first-order chi connectivity index (χ1) is 29.3. The van der Waals surface area contributed by atoms with E-state index >= 15 is 0 Å². The number of unbranched alkanes of at least 4 members (excludes halogenated alkanes) is 1. The number of nitrogens with zero attached hydrogens (tertiary/aromatic N) is 5. The molecule has 3 heterocycles. The van der Waals surface area contributed by atoms with Crippen LogP contribution in [-0.2, 0) is 11.3 Å². The quantitative estimate of drug-likeness (QED) is 0.0992. The molecule has 7 rings (SSSR count). The highest BCUT2D eigenvalue weighted by atomic mass is 19.2. The maximum Gasteiger partial charge on any atom is 0.410 e. The number of methoxy groups -OCH3 is 1. The molecule has 2 amide bonds. The summed E-state index contributed by atoms with van der Waals surface area (Å²) in [5.41, 5.74) is 1.64. The van der Waals surface area contributed by atoms with Crippen LogP contribution >= 0.6 is 0 Å². The lowest BCUT2D eigenvalue weighted by Crippen LogP contribution is -2.46. The molecule has 0 bridgehead atoms. The van der Waals surface area contributed by atoms with Crippen LogP contribution in [0.3, 0.4) is 0 Å². The van der Waals surface area contributed by atoms with Crippen LogP contribution in [0.5, 0.6) is 11.5 Å². The molecule has 14 heteroatoms. The third-order valence-corrected chi connectivity index (χ3v) is 12.5. The van der Waals surface area contributed by atoms with Crippen LogP contribution in [0.4, 0.5) is 23.7 Å². The standard InChI is InChI=1S/C47H61F3N6O5/c1-47(2,3)61-46(58)55-21-18-32(19-22-55)7-5-6-20-53-23-25-54(26-24-53)37-15-12-35-30-56(52-41(35)27-37)36-13-8-33(9-14-36)29-51-45(57)39-28-40(48)44(43(50)42(39)49)60-31-34-10-16-38(59-4)17-11-34/h10-12,15-17,27-28,30,32-33,36H,5-9,13-14,18-26,29,31H2,1-4H3,(H,51,57). The number of halogens is 3. The number of nitrogens with one attached hydrogen (secondary N) is 1. The highest BCUT2D eigenvalue weighted by Crippen LogP contribution is 2.34. The normalized spacial score (nSPS) is 19.3. The van der Waals surface area contributed by atoms with E-state index in [1.165, 1.54) is 32.1 Å². The summed E-state index contributed by atoms with van der Waals surface area (Å²) in [6, 6.07) is 14.2. The van der Waals surface area contributed by atoms with E-state index in [0.717, 1.165) is 95.2 Å². The third kappa shape index (κ3) is 11.5. The maximum absolute atomic E-state index is 15.0. The molecular formula is C47H61F3N6O5. The van der Waals surface area contributed by atoms with Gasteiger partial charge in [0.1, 0.15) is 18.0 Å². The Morgan fingerprint density at radius 2 is 1.56 bits per heavy atom. The molecule has 1 saturated carbocycles.